The maximum Gasteiger partial charge on any atom is 0.260 e. The summed E-state index contributed by atoms with van der Waals surface area (Å²) >= 11 is 1.65. The van der Waals surface area contributed by atoms with Crippen molar-refractivity contribution < 1.29 is 4.74 Å². The van der Waals surface area contributed by atoms with Crippen LogP contribution in [0.1, 0.15) is 34.7 Å². The molecule has 1 aliphatic rings. The van der Waals surface area contributed by atoms with Gasteiger partial charge in [-0.3, -0.25) is 4.79 Å². The minimum absolute atomic E-state index is 0.0329. The maximum absolute atomic E-state index is 12.5. The van der Waals surface area contributed by atoms with Crippen molar-refractivity contribution in [2.24, 2.45) is 0 Å². The second kappa shape index (κ2) is 7.14. The summed E-state index contributed by atoms with van der Waals surface area (Å²) in [6.45, 7) is 0.0329. The van der Waals surface area contributed by atoms with Crippen LogP contribution in [-0.2, 0) is 12.8 Å². The lowest BCUT2D eigenvalue weighted by atomic mass is 9.97. The highest BCUT2D eigenvalue weighted by molar-refractivity contribution is 7.18. The van der Waals surface area contributed by atoms with Gasteiger partial charge in [0.2, 0.25) is 0 Å². The van der Waals surface area contributed by atoms with E-state index in [-0.39, 0.29) is 12.2 Å². The van der Waals surface area contributed by atoms with Gasteiger partial charge in [0.25, 0.3) is 5.56 Å². The smallest absolute Gasteiger partial charge is 0.260 e. The molecule has 0 unspecified atom stereocenters. The number of nitriles is 1. The average molecular weight is 363 g/mol. The Morgan fingerprint density at radius 1 is 1.23 bits per heavy atom. The number of aromatic amines is 1. The summed E-state index contributed by atoms with van der Waals surface area (Å²) in [5.74, 6) is 1.21. The van der Waals surface area contributed by atoms with E-state index in [1.165, 1.54) is 16.9 Å². The standard InChI is InChI=1S/C20H17N3O2S/c21-11-12-25-14-8-5-13(6-9-14)7-10-17-22-19(24)18-15-3-1-2-4-16(15)26-20(18)23-17/h5-10H,1-4,12H2,(H,22,23,24)/b10-7+. The number of nitrogens with zero attached hydrogens (tertiary/aromatic N) is 2. The summed E-state index contributed by atoms with van der Waals surface area (Å²) in [6.07, 6.45) is 8.08. The number of benzene rings is 1. The molecule has 0 saturated heterocycles. The number of H-pyrrole nitrogens is 1. The number of aryl methyl sites for hydroxylation is 2. The first-order valence-electron chi connectivity index (χ1n) is 8.57. The lowest BCUT2D eigenvalue weighted by Crippen LogP contribution is -2.11. The van der Waals surface area contributed by atoms with Gasteiger partial charge in [-0.05, 0) is 55.0 Å². The van der Waals surface area contributed by atoms with Crippen LogP contribution < -0.4 is 10.3 Å². The number of hydrogen-bond acceptors (Lipinski definition) is 5. The van der Waals surface area contributed by atoms with E-state index in [9.17, 15) is 4.79 Å². The van der Waals surface area contributed by atoms with E-state index in [2.05, 4.69) is 9.97 Å². The van der Waals surface area contributed by atoms with Gasteiger partial charge in [-0.25, -0.2) is 4.98 Å². The molecule has 0 radical (unpaired) electrons. The summed E-state index contributed by atoms with van der Waals surface area (Å²) in [7, 11) is 0. The molecule has 2 aromatic heterocycles. The predicted molar refractivity (Wildman–Crippen MR) is 103 cm³/mol. The monoisotopic (exact) mass is 363 g/mol. The van der Waals surface area contributed by atoms with E-state index in [4.69, 9.17) is 10.00 Å². The molecule has 0 amide bonds. The Morgan fingerprint density at radius 3 is 2.85 bits per heavy atom. The molecule has 0 fully saturated rings. The number of rotatable bonds is 4. The maximum atomic E-state index is 12.5. The van der Waals surface area contributed by atoms with Crippen LogP contribution in [0.4, 0.5) is 0 Å². The van der Waals surface area contributed by atoms with E-state index >= 15 is 0 Å². The molecule has 5 nitrogen and oxygen atoms in total. The molecule has 4 rings (SSSR count). The van der Waals surface area contributed by atoms with Gasteiger partial charge in [0.1, 0.15) is 22.5 Å². The topological polar surface area (TPSA) is 78.8 Å². The van der Waals surface area contributed by atoms with Gasteiger partial charge in [-0.15, -0.1) is 11.3 Å². The van der Waals surface area contributed by atoms with Crippen molar-refractivity contribution in [2.45, 2.75) is 25.7 Å². The van der Waals surface area contributed by atoms with Crippen LogP contribution in [0, 0.1) is 11.3 Å². The van der Waals surface area contributed by atoms with Gasteiger partial charge >= 0.3 is 0 Å². The molecule has 0 bridgehead atoms. The highest BCUT2D eigenvalue weighted by atomic mass is 32.1. The lowest BCUT2D eigenvalue weighted by Gasteiger charge is -2.09. The largest absolute Gasteiger partial charge is 0.479 e. The first kappa shape index (κ1) is 16.6. The second-order valence-corrected chi connectivity index (χ2v) is 7.27. The molecule has 26 heavy (non-hydrogen) atoms. The van der Waals surface area contributed by atoms with Crippen molar-refractivity contribution >= 4 is 33.7 Å². The zero-order valence-electron chi connectivity index (χ0n) is 14.1. The molecule has 1 aliphatic carbocycles. The van der Waals surface area contributed by atoms with Crippen molar-refractivity contribution in [3.8, 4) is 11.8 Å². The summed E-state index contributed by atoms with van der Waals surface area (Å²) in [6, 6.07) is 9.34. The second-order valence-electron chi connectivity index (χ2n) is 6.19. The van der Waals surface area contributed by atoms with Crippen LogP contribution in [0.3, 0.4) is 0 Å². The fourth-order valence-corrected chi connectivity index (χ4v) is 4.49. The molecular weight excluding hydrogens is 346 g/mol. The third-order valence-corrected chi connectivity index (χ3v) is 5.65. The van der Waals surface area contributed by atoms with Crippen LogP contribution in [0.2, 0.25) is 0 Å². The quantitative estimate of drug-likeness (QED) is 0.761. The highest BCUT2D eigenvalue weighted by Gasteiger charge is 2.19. The molecular formula is C20H17N3O2S. The first-order chi connectivity index (χ1) is 12.7. The molecule has 0 spiro atoms. The van der Waals surface area contributed by atoms with E-state index < -0.39 is 0 Å². The van der Waals surface area contributed by atoms with Crippen LogP contribution in [0.15, 0.2) is 29.1 Å². The SMILES string of the molecule is N#CCOc1ccc(/C=C/c2nc3sc4c(c3c(=O)[nH]2)CCCC4)cc1. The first-order valence-corrected chi connectivity index (χ1v) is 9.39. The van der Waals surface area contributed by atoms with Crippen molar-refractivity contribution in [2.75, 3.05) is 6.61 Å². The highest BCUT2D eigenvalue weighted by Crippen LogP contribution is 2.33. The lowest BCUT2D eigenvalue weighted by molar-refractivity contribution is 0.368. The van der Waals surface area contributed by atoms with Gasteiger partial charge in [-0.1, -0.05) is 18.2 Å². The number of aromatic nitrogens is 2. The summed E-state index contributed by atoms with van der Waals surface area (Å²) in [5.41, 5.74) is 2.12. The Hall–Kier alpha value is -2.91. The molecule has 130 valence electrons. The minimum atomic E-state index is -0.0469. The van der Waals surface area contributed by atoms with Gasteiger partial charge < -0.3 is 9.72 Å². The van der Waals surface area contributed by atoms with Gasteiger partial charge in [0.15, 0.2) is 6.61 Å². The van der Waals surface area contributed by atoms with Gasteiger partial charge in [0, 0.05) is 4.88 Å². The summed E-state index contributed by atoms with van der Waals surface area (Å²) < 4.78 is 5.23. The Balaban J connectivity index is 1.60. The number of hydrogen-bond donors (Lipinski definition) is 1. The minimum Gasteiger partial charge on any atom is -0.479 e. The number of ether oxygens (including phenoxy) is 1. The Labute approximate surface area is 154 Å². The van der Waals surface area contributed by atoms with E-state index in [1.54, 1.807) is 11.3 Å². The molecule has 2 heterocycles. The Morgan fingerprint density at radius 2 is 2.04 bits per heavy atom. The third-order valence-electron chi connectivity index (χ3n) is 4.46. The van der Waals surface area contributed by atoms with Crippen LogP contribution in [0.5, 0.6) is 5.75 Å². The third kappa shape index (κ3) is 3.26. The fraction of sp³-hybridized carbons (Fsp3) is 0.250. The van der Waals surface area contributed by atoms with Crippen molar-refractivity contribution in [3.63, 3.8) is 0 Å². The van der Waals surface area contributed by atoms with Gasteiger partial charge in [0.05, 0.1) is 5.39 Å². The van der Waals surface area contributed by atoms with Gasteiger partial charge in [-0.2, -0.15) is 5.26 Å². The zero-order valence-corrected chi connectivity index (χ0v) is 14.9. The molecule has 0 saturated carbocycles. The summed E-state index contributed by atoms with van der Waals surface area (Å²) in [5, 5.41) is 9.30. The van der Waals surface area contributed by atoms with Crippen LogP contribution in [0.25, 0.3) is 22.4 Å². The van der Waals surface area contributed by atoms with Crippen molar-refractivity contribution in [1.82, 2.24) is 9.97 Å². The molecule has 0 atom stereocenters. The number of nitrogens with one attached hydrogen (secondary N) is 1. The summed E-state index contributed by atoms with van der Waals surface area (Å²) in [4.78, 5) is 22.2. The molecule has 1 aromatic carbocycles. The predicted octanol–water partition coefficient (Wildman–Crippen LogP) is 3.94. The van der Waals surface area contributed by atoms with E-state index in [0.717, 1.165) is 35.0 Å². The van der Waals surface area contributed by atoms with Crippen LogP contribution in [-0.4, -0.2) is 16.6 Å². The molecule has 6 heteroatoms. The zero-order chi connectivity index (χ0) is 17.9. The molecule has 0 aliphatic heterocycles. The normalized spacial score (nSPS) is 13.7. The van der Waals surface area contributed by atoms with Crippen molar-refractivity contribution in [3.05, 3.63) is 56.4 Å². The Kier molecular flexibility index (Phi) is 4.55. The fourth-order valence-electron chi connectivity index (χ4n) is 3.23. The van der Waals surface area contributed by atoms with E-state index in [0.29, 0.717) is 11.6 Å². The average Bonchev–Trinajstić information content (AvgIpc) is 3.04. The van der Waals surface area contributed by atoms with Crippen molar-refractivity contribution in [1.29, 1.82) is 5.26 Å². The Bertz CT molecular complexity index is 1070. The van der Waals surface area contributed by atoms with E-state index in [1.807, 2.05) is 42.5 Å². The molecule has 3 aromatic rings. The molecule has 1 N–H and O–H groups in total. The number of fused-ring (bicyclic) bond motifs is 3. The van der Waals surface area contributed by atoms with Crippen LogP contribution >= 0.6 is 11.3 Å². The number of thiophene rings is 1.